The van der Waals surface area contributed by atoms with Crippen molar-refractivity contribution in [1.82, 2.24) is 15.0 Å². The summed E-state index contributed by atoms with van der Waals surface area (Å²) < 4.78 is 4.83. The number of pyridine rings is 1. The van der Waals surface area contributed by atoms with Crippen molar-refractivity contribution < 1.29 is 9.53 Å². The van der Waals surface area contributed by atoms with E-state index in [-0.39, 0.29) is 0 Å². The van der Waals surface area contributed by atoms with Gasteiger partial charge in [0.25, 0.3) is 0 Å². The third-order valence-electron chi connectivity index (χ3n) is 3.73. The molecule has 126 valence electrons. The third kappa shape index (κ3) is 3.89. The van der Waals surface area contributed by atoms with Gasteiger partial charge in [0, 0.05) is 38.6 Å². The fraction of sp³-hybridized carbons (Fsp3) is 0.375. The van der Waals surface area contributed by atoms with Gasteiger partial charge in [0.2, 0.25) is 5.95 Å². The van der Waals surface area contributed by atoms with Crippen LogP contribution in [0.3, 0.4) is 0 Å². The first-order valence-electron chi connectivity index (χ1n) is 7.93. The van der Waals surface area contributed by atoms with Gasteiger partial charge in [0.05, 0.1) is 18.5 Å². The molecule has 8 nitrogen and oxygen atoms in total. The van der Waals surface area contributed by atoms with E-state index in [1.807, 2.05) is 12.1 Å². The van der Waals surface area contributed by atoms with Gasteiger partial charge in [-0.2, -0.15) is 0 Å². The van der Waals surface area contributed by atoms with Crippen LogP contribution in [-0.4, -0.2) is 53.8 Å². The number of hydrogen-bond donors (Lipinski definition) is 1. The molecule has 0 bridgehead atoms. The molecule has 1 saturated heterocycles. The number of hydrogen-bond acceptors (Lipinski definition) is 7. The normalized spacial score (nSPS) is 14.4. The van der Waals surface area contributed by atoms with Crippen LogP contribution >= 0.6 is 0 Å². The smallest absolute Gasteiger partial charge is 0.412 e. The maximum Gasteiger partial charge on any atom is 0.412 e. The molecule has 0 spiro atoms. The Bertz CT molecular complexity index is 656. The fourth-order valence-electron chi connectivity index (χ4n) is 2.54. The second-order valence-corrected chi connectivity index (χ2v) is 5.27. The Kier molecular flexibility index (Phi) is 5.05. The summed E-state index contributed by atoms with van der Waals surface area (Å²) in [6.45, 7) is 5.53. The van der Waals surface area contributed by atoms with Crippen molar-refractivity contribution in [3.63, 3.8) is 0 Å². The lowest BCUT2D eigenvalue weighted by atomic mass is 10.3. The van der Waals surface area contributed by atoms with Crippen LogP contribution in [0, 0.1) is 0 Å². The van der Waals surface area contributed by atoms with E-state index in [0.29, 0.717) is 12.4 Å². The molecule has 8 heteroatoms. The second-order valence-electron chi connectivity index (χ2n) is 5.27. The molecule has 1 aliphatic rings. The van der Waals surface area contributed by atoms with Crippen molar-refractivity contribution >= 4 is 23.5 Å². The topological polar surface area (TPSA) is 83.5 Å². The first-order valence-corrected chi connectivity index (χ1v) is 7.93. The SMILES string of the molecule is CCOC(=O)Nc1ccc(N2CCN(c3ncccn3)CC2)cn1. The van der Waals surface area contributed by atoms with Crippen LogP contribution in [0.2, 0.25) is 0 Å². The lowest BCUT2D eigenvalue weighted by Gasteiger charge is -2.35. The van der Waals surface area contributed by atoms with E-state index in [0.717, 1.165) is 37.8 Å². The van der Waals surface area contributed by atoms with E-state index < -0.39 is 6.09 Å². The molecule has 3 rings (SSSR count). The summed E-state index contributed by atoms with van der Waals surface area (Å²) in [6, 6.07) is 5.54. The molecule has 0 unspecified atom stereocenters. The molecular formula is C16H20N6O2. The Morgan fingerprint density at radius 1 is 1.12 bits per heavy atom. The Morgan fingerprint density at radius 3 is 2.46 bits per heavy atom. The number of ether oxygens (including phenoxy) is 1. The van der Waals surface area contributed by atoms with E-state index in [1.54, 1.807) is 31.6 Å². The molecule has 1 N–H and O–H groups in total. The summed E-state index contributed by atoms with van der Waals surface area (Å²) in [5, 5.41) is 2.59. The van der Waals surface area contributed by atoms with Crippen molar-refractivity contribution in [2.45, 2.75) is 6.92 Å². The predicted molar refractivity (Wildman–Crippen MR) is 91.3 cm³/mol. The minimum atomic E-state index is -0.491. The van der Waals surface area contributed by atoms with E-state index in [2.05, 4.69) is 30.1 Å². The highest BCUT2D eigenvalue weighted by Crippen LogP contribution is 2.18. The number of amides is 1. The van der Waals surface area contributed by atoms with Crippen molar-refractivity contribution in [3.8, 4) is 0 Å². The molecule has 0 aliphatic carbocycles. The zero-order valence-corrected chi connectivity index (χ0v) is 13.6. The maximum absolute atomic E-state index is 11.4. The molecule has 1 aliphatic heterocycles. The standard InChI is InChI=1S/C16H20N6O2/c1-2-24-16(23)20-14-5-4-13(12-19-14)21-8-10-22(11-9-21)15-17-6-3-7-18-15/h3-7,12H,2,8-11H2,1H3,(H,19,20,23). The highest BCUT2D eigenvalue weighted by Gasteiger charge is 2.19. The van der Waals surface area contributed by atoms with Gasteiger partial charge in [-0.15, -0.1) is 0 Å². The number of carbonyl (C=O) groups excluding carboxylic acids is 1. The summed E-state index contributed by atoms with van der Waals surface area (Å²) in [5.74, 6) is 1.25. The number of nitrogens with zero attached hydrogens (tertiary/aromatic N) is 5. The van der Waals surface area contributed by atoms with Gasteiger partial charge in [-0.1, -0.05) is 0 Å². The van der Waals surface area contributed by atoms with Gasteiger partial charge in [-0.05, 0) is 25.1 Å². The van der Waals surface area contributed by atoms with Crippen LogP contribution < -0.4 is 15.1 Å². The Balaban J connectivity index is 1.55. The fourth-order valence-corrected chi connectivity index (χ4v) is 2.54. The average molecular weight is 328 g/mol. The van der Waals surface area contributed by atoms with Crippen molar-refractivity contribution in [2.75, 3.05) is 47.9 Å². The number of rotatable bonds is 4. The third-order valence-corrected chi connectivity index (χ3v) is 3.73. The van der Waals surface area contributed by atoms with Crippen LogP contribution in [0.1, 0.15) is 6.92 Å². The van der Waals surface area contributed by atoms with E-state index in [1.165, 1.54) is 0 Å². The molecule has 1 amide bonds. The first-order chi connectivity index (χ1) is 11.8. The van der Waals surface area contributed by atoms with Crippen LogP contribution in [0.25, 0.3) is 0 Å². The maximum atomic E-state index is 11.4. The van der Waals surface area contributed by atoms with Crippen LogP contribution in [-0.2, 0) is 4.74 Å². The van der Waals surface area contributed by atoms with E-state index in [9.17, 15) is 4.79 Å². The number of nitrogens with one attached hydrogen (secondary N) is 1. The highest BCUT2D eigenvalue weighted by molar-refractivity contribution is 5.83. The summed E-state index contributed by atoms with van der Waals surface area (Å²) in [6.07, 6.45) is 4.78. The summed E-state index contributed by atoms with van der Waals surface area (Å²) in [4.78, 5) is 28.6. The summed E-state index contributed by atoms with van der Waals surface area (Å²) in [7, 11) is 0. The van der Waals surface area contributed by atoms with Crippen LogP contribution in [0.5, 0.6) is 0 Å². The Hall–Kier alpha value is -2.90. The minimum Gasteiger partial charge on any atom is -0.450 e. The lowest BCUT2D eigenvalue weighted by Crippen LogP contribution is -2.47. The lowest BCUT2D eigenvalue weighted by molar-refractivity contribution is 0.168. The number of aromatic nitrogens is 3. The molecule has 2 aromatic rings. The Morgan fingerprint density at radius 2 is 1.83 bits per heavy atom. The van der Waals surface area contributed by atoms with Gasteiger partial charge in [-0.3, -0.25) is 5.32 Å². The molecule has 2 aromatic heterocycles. The van der Waals surface area contributed by atoms with Gasteiger partial charge in [0.1, 0.15) is 5.82 Å². The molecule has 1 fully saturated rings. The summed E-state index contributed by atoms with van der Waals surface area (Å²) in [5.41, 5.74) is 1.03. The monoisotopic (exact) mass is 328 g/mol. The van der Waals surface area contributed by atoms with E-state index >= 15 is 0 Å². The molecule has 24 heavy (non-hydrogen) atoms. The number of anilines is 3. The molecule has 0 saturated carbocycles. The molecule has 3 heterocycles. The van der Waals surface area contributed by atoms with Gasteiger partial charge in [-0.25, -0.2) is 19.7 Å². The zero-order valence-electron chi connectivity index (χ0n) is 13.6. The average Bonchev–Trinajstić information content (AvgIpc) is 2.63. The highest BCUT2D eigenvalue weighted by atomic mass is 16.5. The zero-order chi connectivity index (χ0) is 16.8. The van der Waals surface area contributed by atoms with Gasteiger partial charge >= 0.3 is 6.09 Å². The van der Waals surface area contributed by atoms with Crippen molar-refractivity contribution in [1.29, 1.82) is 0 Å². The van der Waals surface area contributed by atoms with Crippen LogP contribution in [0.4, 0.5) is 22.2 Å². The van der Waals surface area contributed by atoms with Crippen molar-refractivity contribution in [3.05, 3.63) is 36.8 Å². The predicted octanol–water partition coefficient (Wildman–Crippen LogP) is 1.77. The molecular weight excluding hydrogens is 308 g/mol. The van der Waals surface area contributed by atoms with Crippen LogP contribution in [0.15, 0.2) is 36.8 Å². The number of piperazine rings is 1. The first kappa shape index (κ1) is 16.0. The second kappa shape index (κ2) is 7.58. The molecule has 0 aromatic carbocycles. The summed E-state index contributed by atoms with van der Waals surface area (Å²) >= 11 is 0. The van der Waals surface area contributed by atoms with Gasteiger partial charge in [0.15, 0.2) is 0 Å². The van der Waals surface area contributed by atoms with E-state index in [4.69, 9.17) is 4.74 Å². The Labute approximate surface area is 140 Å². The minimum absolute atomic E-state index is 0.333. The molecule has 0 radical (unpaired) electrons. The van der Waals surface area contributed by atoms with Crippen molar-refractivity contribution in [2.24, 2.45) is 0 Å². The largest absolute Gasteiger partial charge is 0.450 e. The number of carbonyl (C=O) groups is 1. The quantitative estimate of drug-likeness (QED) is 0.915. The molecule has 0 atom stereocenters. The van der Waals surface area contributed by atoms with Gasteiger partial charge < -0.3 is 14.5 Å².